The summed E-state index contributed by atoms with van der Waals surface area (Å²) in [6.07, 6.45) is 1.99. The predicted molar refractivity (Wildman–Crippen MR) is 61.2 cm³/mol. The predicted octanol–water partition coefficient (Wildman–Crippen LogP) is -0.0605. The Kier molecular flexibility index (Phi) is 3.49. The van der Waals surface area contributed by atoms with Crippen LogP contribution in [0.25, 0.3) is 0 Å². The molecule has 0 aromatic carbocycles. The van der Waals surface area contributed by atoms with Crippen molar-refractivity contribution in [3.63, 3.8) is 0 Å². The van der Waals surface area contributed by atoms with Crippen LogP contribution in [0, 0.1) is 5.92 Å². The first-order chi connectivity index (χ1) is 7.40. The normalized spacial score (nSPS) is 14.5. The Labute approximate surface area is 93.3 Å². The molecule has 1 rings (SSSR count). The van der Waals surface area contributed by atoms with E-state index in [9.17, 15) is 14.7 Å². The van der Waals surface area contributed by atoms with Gasteiger partial charge in [-0.05, 0) is 0 Å². The summed E-state index contributed by atoms with van der Waals surface area (Å²) in [7, 11) is 2.93. The van der Waals surface area contributed by atoms with Crippen LogP contribution in [0.1, 0.15) is 18.6 Å². The molecule has 88 valence electrons. The molecule has 0 aliphatic heterocycles. The maximum atomic E-state index is 11.8. The smallest absolute Gasteiger partial charge is 0.330 e. The average Bonchev–Trinajstić information content (AvgIpc) is 2.29. The SMILES string of the molecule is C=CC(C)C(O)c1cn(C)c(=O)n(C)c1=O. The van der Waals surface area contributed by atoms with Crippen molar-refractivity contribution in [1.29, 1.82) is 0 Å². The van der Waals surface area contributed by atoms with E-state index in [1.807, 2.05) is 0 Å². The lowest BCUT2D eigenvalue weighted by Gasteiger charge is -2.16. The molecule has 0 amide bonds. The van der Waals surface area contributed by atoms with Gasteiger partial charge in [-0.3, -0.25) is 9.36 Å². The Bertz CT molecular complexity index is 513. The Morgan fingerprint density at radius 1 is 1.44 bits per heavy atom. The van der Waals surface area contributed by atoms with Gasteiger partial charge in [-0.25, -0.2) is 4.79 Å². The molecule has 0 aliphatic rings. The fourth-order valence-electron chi connectivity index (χ4n) is 1.45. The van der Waals surface area contributed by atoms with Crippen LogP contribution in [0.4, 0.5) is 0 Å². The van der Waals surface area contributed by atoms with Gasteiger partial charge in [0.15, 0.2) is 0 Å². The highest BCUT2D eigenvalue weighted by molar-refractivity contribution is 5.11. The first kappa shape index (κ1) is 12.4. The summed E-state index contributed by atoms with van der Waals surface area (Å²) in [5, 5.41) is 9.91. The maximum absolute atomic E-state index is 11.8. The van der Waals surface area contributed by atoms with Gasteiger partial charge < -0.3 is 9.67 Å². The number of aromatic nitrogens is 2. The summed E-state index contributed by atoms with van der Waals surface area (Å²) in [5.41, 5.74) is -0.673. The molecule has 1 aromatic heterocycles. The highest BCUT2D eigenvalue weighted by atomic mass is 16.3. The summed E-state index contributed by atoms with van der Waals surface area (Å²) in [4.78, 5) is 23.2. The van der Waals surface area contributed by atoms with Crippen molar-refractivity contribution in [3.8, 4) is 0 Å². The molecule has 0 aliphatic carbocycles. The van der Waals surface area contributed by atoms with E-state index < -0.39 is 17.4 Å². The molecule has 0 bridgehead atoms. The van der Waals surface area contributed by atoms with Crippen molar-refractivity contribution in [3.05, 3.63) is 45.3 Å². The summed E-state index contributed by atoms with van der Waals surface area (Å²) >= 11 is 0. The van der Waals surface area contributed by atoms with Crippen LogP contribution in [0.5, 0.6) is 0 Å². The Morgan fingerprint density at radius 3 is 2.50 bits per heavy atom. The van der Waals surface area contributed by atoms with Gasteiger partial charge in [0, 0.05) is 26.2 Å². The fourth-order valence-corrected chi connectivity index (χ4v) is 1.45. The molecule has 16 heavy (non-hydrogen) atoms. The molecular weight excluding hydrogens is 208 g/mol. The van der Waals surface area contributed by atoms with Crippen molar-refractivity contribution >= 4 is 0 Å². The van der Waals surface area contributed by atoms with Crippen LogP contribution >= 0.6 is 0 Å². The van der Waals surface area contributed by atoms with E-state index in [0.29, 0.717) is 0 Å². The summed E-state index contributed by atoms with van der Waals surface area (Å²) in [6, 6.07) is 0. The minimum absolute atomic E-state index is 0.206. The van der Waals surface area contributed by atoms with Crippen LogP contribution in [0.3, 0.4) is 0 Å². The molecule has 5 nitrogen and oxygen atoms in total. The third kappa shape index (κ3) is 1.99. The number of aliphatic hydroxyl groups is 1. The second kappa shape index (κ2) is 4.49. The van der Waals surface area contributed by atoms with Crippen molar-refractivity contribution in [2.45, 2.75) is 13.0 Å². The van der Waals surface area contributed by atoms with Crippen molar-refractivity contribution in [2.75, 3.05) is 0 Å². The monoisotopic (exact) mass is 224 g/mol. The second-order valence-corrected chi connectivity index (χ2v) is 3.88. The zero-order chi connectivity index (χ0) is 12.5. The first-order valence-electron chi connectivity index (χ1n) is 4.97. The minimum atomic E-state index is -0.942. The lowest BCUT2D eigenvalue weighted by Crippen LogP contribution is -2.39. The highest BCUT2D eigenvalue weighted by Crippen LogP contribution is 2.18. The van der Waals surface area contributed by atoms with Crippen LogP contribution in [-0.4, -0.2) is 14.2 Å². The number of nitrogens with zero attached hydrogens (tertiary/aromatic N) is 2. The topological polar surface area (TPSA) is 64.2 Å². The molecule has 5 heteroatoms. The number of aliphatic hydroxyl groups excluding tert-OH is 1. The van der Waals surface area contributed by atoms with Crippen molar-refractivity contribution in [1.82, 2.24) is 9.13 Å². The van der Waals surface area contributed by atoms with Gasteiger partial charge in [0.1, 0.15) is 0 Å². The quantitative estimate of drug-likeness (QED) is 0.731. The van der Waals surface area contributed by atoms with E-state index in [1.54, 1.807) is 13.0 Å². The Morgan fingerprint density at radius 2 is 2.00 bits per heavy atom. The standard InChI is InChI=1S/C11H16N2O3/c1-5-7(2)9(14)8-6-12(3)11(16)13(4)10(8)15/h5-7,9,14H,1H2,2-4H3. The van der Waals surface area contributed by atoms with Gasteiger partial charge in [0.2, 0.25) is 0 Å². The molecule has 0 saturated heterocycles. The van der Waals surface area contributed by atoms with Crippen molar-refractivity contribution < 1.29 is 5.11 Å². The molecule has 1 N–H and O–H groups in total. The molecule has 1 heterocycles. The molecule has 0 radical (unpaired) electrons. The van der Waals surface area contributed by atoms with Gasteiger partial charge in [0.05, 0.1) is 11.7 Å². The van der Waals surface area contributed by atoms with Crippen LogP contribution in [0.15, 0.2) is 28.4 Å². The lowest BCUT2D eigenvalue weighted by atomic mass is 10.00. The van der Waals surface area contributed by atoms with Gasteiger partial charge >= 0.3 is 5.69 Å². The van der Waals surface area contributed by atoms with Gasteiger partial charge in [0.25, 0.3) is 5.56 Å². The van der Waals surface area contributed by atoms with Gasteiger partial charge in [-0.2, -0.15) is 0 Å². The molecule has 2 atom stereocenters. The second-order valence-electron chi connectivity index (χ2n) is 3.88. The van der Waals surface area contributed by atoms with E-state index in [2.05, 4.69) is 6.58 Å². The third-order valence-electron chi connectivity index (χ3n) is 2.66. The zero-order valence-electron chi connectivity index (χ0n) is 9.67. The molecule has 1 aromatic rings. The summed E-state index contributed by atoms with van der Waals surface area (Å²) in [5.74, 6) is -0.245. The fraction of sp³-hybridized carbons (Fsp3) is 0.455. The minimum Gasteiger partial charge on any atom is -0.388 e. The highest BCUT2D eigenvalue weighted by Gasteiger charge is 2.19. The van der Waals surface area contributed by atoms with Crippen LogP contribution in [-0.2, 0) is 14.1 Å². The Balaban J connectivity index is 3.42. The number of rotatable bonds is 3. The summed E-state index contributed by atoms with van der Waals surface area (Å²) in [6.45, 7) is 5.31. The average molecular weight is 224 g/mol. The first-order valence-corrected chi connectivity index (χ1v) is 4.97. The van der Waals surface area contributed by atoms with E-state index in [0.717, 1.165) is 4.57 Å². The molecule has 0 saturated carbocycles. The number of hydrogen-bond acceptors (Lipinski definition) is 3. The van der Waals surface area contributed by atoms with Gasteiger partial charge in [-0.1, -0.05) is 13.0 Å². The Hall–Kier alpha value is -1.62. The van der Waals surface area contributed by atoms with E-state index in [1.165, 1.54) is 24.9 Å². The van der Waals surface area contributed by atoms with Gasteiger partial charge in [-0.15, -0.1) is 6.58 Å². The zero-order valence-corrected chi connectivity index (χ0v) is 9.67. The van der Waals surface area contributed by atoms with Crippen LogP contribution in [0.2, 0.25) is 0 Å². The molecule has 2 unspecified atom stereocenters. The molecular formula is C11H16N2O3. The van der Waals surface area contributed by atoms with E-state index >= 15 is 0 Å². The lowest BCUT2D eigenvalue weighted by molar-refractivity contribution is 0.136. The summed E-state index contributed by atoms with van der Waals surface area (Å²) < 4.78 is 2.25. The van der Waals surface area contributed by atoms with Crippen molar-refractivity contribution in [2.24, 2.45) is 20.0 Å². The van der Waals surface area contributed by atoms with E-state index in [4.69, 9.17) is 0 Å². The number of hydrogen-bond donors (Lipinski definition) is 1. The molecule has 0 spiro atoms. The number of aryl methyl sites for hydroxylation is 1. The molecule has 0 fully saturated rings. The largest absolute Gasteiger partial charge is 0.388 e. The maximum Gasteiger partial charge on any atom is 0.330 e. The third-order valence-corrected chi connectivity index (χ3v) is 2.66. The van der Waals surface area contributed by atoms with Crippen LogP contribution < -0.4 is 11.2 Å². The van der Waals surface area contributed by atoms with E-state index in [-0.39, 0.29) is 11.5 Å².